The number of carbonyl (C=O) groups excluding carboxylic acids is 1. The second kappa shape index (κ2) is 10.8. The third-order valence-electron chi connectivity index (χ3n) is 5.83. The first-order valence-electron chi connectivity index (χ1n) is 11.5. The highest BCUT2D eigenvalue weighted by Crippen LogP contribution is 2.25. The molecule has 1 saturated heterocycles. The van der Waals surface area contributed by atoms with Gasteiger partial charge in [0.25, 0.3) is 15.9 Å². The zero-order valence-corrected chi connectivity index (χ0v) is 21.0. The van der Waals surface area contributed by atoms with E-state index >= 15 is 0 Å². The zero-order valence-electron chi connectivity index (χ0n) is 19.4. The molecule has 1 aliphatic heterocycles. The smallest absolute Gasteiger partial charge is 0.261 e. The number of anilines is 2. The molecule has 3 aromatic carbocycles. The fraction of sp³-hybridized carbons (Fsp3) is 0.240. The van der Waals surface area contributed by atoms with Crippen molar-refractivity contribution < 1.29 is 26.0 Å². The summed E-state index contributed by atoms with van der Waals surface area (Å²) in [6, 6.07) is 16.3. The molecule has 1 amide bonds. The molecule has 0 radical (unpaired) electrons. The number of nitrogens with one attached hydrogen (secondary N) is 2. The molecule has 190 valence electrons. The number of sulfonamides is 2. The molecule has 1 heterocycles. The molecule has 0 aliphatic carbocycles. The van der Waals surface area contributed by atoms with Crippen LogP contribution in [0.2, 0.25) is 0 Å². The fourth-order valence-corrected chi connectivity index (χ4v) is 6.59. The van der Waals surface area contributed by atoms with Crippen molar-refractivity contribution in [3.63, 3.8) is 0 Å². The summed E-state index contributed by atoms with van der Waals surface area (Å²) in [6.45, 7) is 0.918. The SMILES string of the molecule is O=C(Nc1cccc(S(=O)(=O)N2CCCCCC2)c1)c1ccccc1NS(=O)(=O)c1ccc(F)cc1. The Morgan fingerprint density at radius 3 is 2.14 bits per heavy atom. The average Bonchev–Trinajstić information content (AvgIpc) is 3.15. The molecule has 0 unspecified atom stereocenters. The largest absolute Gasteiger partial charge is 0.322 e. The molecule has 0 aromatic heterocycles. The number of halogens is 1. The van der Waals surface area contributed by atoms with Crippen LogP contribution in [0.25, 0.3) is 0 Å². The molecular formula is C25H26FN3O5S2. The number of para-hydroxylation sites is 1. The highest BCUT2D eigenvalue weighted by molar-refractivity contribution is 7.92. The first-order valence-corrected chi connectivity index (χ1v) is 14.4. The van der Waals surface area contributed by atoms with E-state index in [1.165, 1.54) is 28.6 Å². The van der Waals surface area contributed by atoms with Gasteiger partial charge in [0.2, 0.25) is 10.0 Å². The topological polar surface area (TPSA) is 113 Å². The predicted molar refractivity (Wildman–Crippen MR) is 135 cm³/mol. The first-order chi connectivity index (χ1) is 17.2. The van der Waals surface area contributed by atoms with Gasteiger partial charge in [-0.25, -0.2) is 21.2 Å². The van der Waals surface area contributed by atoms with Crippen LogP contribution >= 0.6 is 0 Å². The molecule has 11 heteroatoms. The first kappa shape index (κ1) is 25.8. The number of hydrogen-bond acceptors (Lipinski definition) is 5. The maximum Gasteiger partial charge on any atom is 0.261 e. The van der Waals surface area contributed by atoms with Gasteiger partial charge in [0.05, 0.1) is 21.0 Å². The summed E-state index contributed by atoms with van der Waals surface area (Å²) in [5, 5.41) is 2.65. The third-order valence-corrected chi connectivity index (χ3v) is 9.11. The van der Waals surface area contributed by atoms with E-state index in [1.807, 2.05) is 0 Å². The molecule has 8 nitrogen and oxygen atoms in total. The maximum atomic E-state index is 13.2. The van der Waals surface area contributed by atoms with E-state index in [2.05, 4.69) is 10.0 Å². The van der Waals surface area contributed by atoms with E-state index in [9.17, 15) is 26.0 Å². The van der Waals surface area contributed by atoms with E-state index in [4.69, 9.17) is 0 Å². The van der Waals surface area contributed by atoms with Crippen molar-refractivity contribution in [3.8, 4) is 0 Å². The molecule has 0 spiro atoms. The molecule has 2 N–H and O–H groups in total. The van der Waals surface area contributed by atoms with Crippen molar-refractivity contribution in [3.05, 3.63) is 84.2 Å². The number of benzene rings is 3. The minimum Gasteiger partial charge on any atom is -0.322 e. The number of hydrogen-bond donors (Lipinski definition) is 2. The van der Waals surface area contributed by atoms with Crippen LogP contribution in [0, 0.1) is 5.82 Å². The molecule has 4 rings (SSSR count). The second-order valence-corrected chi connectivity index (χ2v) is 12.0. The van der Waals surface area contributed by atoms with Crippen molar-refractivity contribution in [2.45, 2.75) is 35.5 Å². The van der Waals surface area contributed by atoms with Crippen molar-refractivity contribution in [1.29, 1.82) is 0 Å². The fourth-order valence-electron chi connectivity index (χ4n) is 3.95. The van der Waals surface area contributed by atoms with E-state index in [1.54, 1.807) is 24.3 Å². The lowest BCUT2D eigenvalue weighted by Crippen LogP contribution is -2.32. The lowest BCUT2D eigenvalue weighted by atomic mass is 10.1. The molecule has 0 saturated carbocycles. The molecule has 0 atom stereocenters. The van der Waals surface area contributed by atoms with Crippen LogP contribution < -0.4 is 10.0 Å². The highest BCUT2D eigenvalue weighted by atomic mass is 32.2. The number of rotatable bonds is 7. The zero-order chi connectivity index (χ0) is 25.8. The Morgan fingerprint density at radius 1 is 0.778 bits per heavy atom. The van der Waals surface area contributed by atoms with Gasteiger partial charge in [0.1, 0.15) is 5.82 Å². The van der Waals surface area contributed by atoms with Gasteiger partial charge in [-0.1, -0.05) is 31.0 Å². The van der Waals surface area contributed by atoms with Gasteiger partial charge in [-0.3, -0.25) is 9.52 Å². The van der Waals surface area contributed by atoms with Crippen LogP contribution in [0.5, 0.6) is 0 Å². The summed E-state index contributed by atoms with van der Waals surface area (Å²) in [5.41, 5.74) is 0.309. The number of nitrogens with zero attached hydrogens (tertiary/aromatic N) is 1. The van der Waals surface area contributed by atoms with Crippen LogP contribution in [0.15, 0.2) is 82.6 Å². The van der Waals surface area contributed by atoms with Crippen molar-refractivity contribution in [2.24, 2.45) is 0 Å². The second-order valence-electron chi connectivity index (χ2n) is 8.41. The van der Waals surface area contributed by atoms with Crippen LogP contribution in [-0.4, -0.2) is 40.1 Å². The number of amides is 1. The van der Waals surface area contributed by atoms with Gasteiger partial charge < -0.3 is 5.32 Å². The van der Waals surface area contributed by atoms with E-state index < -0.39 is 31.8 Å². The van der Waals surface area contributed by atoms with Crippen LogP contribution in [0.4, 0.5) is 15.8 Å². The molecule has 0 bridgehead atoms. The van der Waals surface area contributed by atoms with Gasteiger partial charge in [-0.15, -0.1) is 0 Å². The lowest BCUT2D eigenvalue weighted by molar-refractivity contribution is 0.102. The normalized spacial score (nSPS) is 15.1. The van der Waals surface area contributed by atoms with Crippen molar-refractivity contribution in [1.82, 2.24) is 4.31 Å². The standard InChI is InChI=1S/C25H26FN3O5S2/c26-19-12-14-21(15-13-19)35(31,32)28-24-11-4-3-10-23(24)25(30)27-20-8-7-9-22(18-20)36(33,34)29-16-5-1-2-6-17-29/h3-4,7-15,18,28H,1-2,5-6,16-17H2,(H,27,30). The Hall–Kier alpha value is -3.28. The maximum absolute atomic E-state index is 13.2. The van der Waals surface area contributed by atoms with Crippen molar-refractivity contribution >= 4 is 37.3 Å². The van der Waals surface area contributed by atoms with Crippen LogP contribution in [0.1, 0.15) is 36.0 Å². The average molecular weight is 532 g/mol. The summed E-state index contributed by atoms with van der Waals surface area (Å²) >= 11 is 0. The quantitative estimate of drug-likeness (QED) is 0.468. The van der Waals surface area contributed by atoms with E-state index in [0.717, 1.165) is 49.9 Å². The Kier molecular flexibility index (Phi) is 7.72. The summed E-state index contributed by atoms with van der Waals surface area (Å²) in [4.78, 5) is 13.0. The Balaban J connectivity index is 1.55. The Labute approximate surface area is 210 Å². The van der Waals surface area contributed by atoms with Gasteiger partial charge in [-0.05, 0) is 67.4 Å². The van der Waals surface area contributed by atoms with Gasteiger partial charge in [0.15, 0.2) is 0 Å². The predicted octanol–water partition coefficient (Wildman–Crippen LogP) is 4.44. The van der Waals surface area contributed by atoms with E-state index in [0.29, 0.717) is 13.1 Å². The minimum atomic E-state index is -4.08. The summed E-state index contributed by atoms with van der Waals surface area (Å²) in [7, 11) is -7.79. The number of carbonyl (C=O) groups is 1. The third kappa shape index (κ3) is 5.92. The molecule has 36 heavy (non-hydrogen) atoms. The van der Waals surface area contributed by atoms with Crippen LogP contribution in [-0.2, 0) is 20.0 Å². The van der Waals surface area contributed by atoms with Gasteiger partial charge in [0, 0.05) is 18.8 Å². The van der Waals surface area contributed by atoms with E-state index in [-0.39, 0.29) is 26.7 Å². The van der Waals surface area contributed by atoms with Crippen LogP contribution in [0.3, 0.4) is 0 Å². The Morgan fingerprint density at radius 2 is 1.44 bits per heavy atom. The minimum absolute atomic E-state index is 0.0210. The highest BCUT2D eigenvalue weighted by Gasteiger charge is 2.26. The van der Waals surface area contributed by atoms with Gasteiger partial charge in [-0.2, -0.15) is 4.31 Å². The molecule has 1 fully saturated rings. The monoisotopic (exact) mass is 531 g/mol. The molecular weight excluding hydrogens is 505 g/mol. The Bertz CT molecular complexity index is 1450. The lowest BCUT2D eigenvalue weighted by Gasteiger charge is -2.20. The molecule has 1 aliphatic rings. The summed E-state index contributed by atoms with van der Waals surface area (Å²) in [5.74, 6) is -1.20. The molecule has 3 aromatic rings. The van der Waals surface area contributed by atoms with Crippen molar-refractivity contribution in [2.75, 3.05) is 23.1 Å². The van der Waals surface area contributed by atoms with Gasteiger partial charge >= 0.3 is 0 Å². The summed E-state index contributed by atoms with van der Waals surface area (Å²) < 4.78 is 68.8. The summed E-state index contributed by atoms with van der Waals surface area (Å²) in [6.07, 6.45) is 3.60.